The minimum atomic E-state index is 0.235. The fourth-order valence-electron chi connectivity index (χ4n) is 2.40. The average Bonchev–Trinajstić information content (AvgIpc) is 2.45. The molecule has 1 heterocycles. The molecule has 3 nitrogen and oxygen atoms in total. The average molecular weight is 249 g/mol. The van der Waals surface area contributed by atoms with Gasteiger partial charge in [0.15, 0.2) is 5.78 Å². The third-order valence-electron chi connectivity index (χ3n) is 4.05. The maximum absolute atomic E-state index is 12.0. The molecular weight excluding hydrogens is 224 g/mol. The second-order valence-corrected chi connectivity index (χ2v) is 4.78. The molecule has 18 heavy (non-hydrogen) atoms. The van der Waals surface area contributed by atoms with Crippen LogP contribution in [-0.2, 0) is 0 Å². The predicted octanol–water partition coefficient (Wildman–Crippen LogP) is 2.92. The molecule has 0 fully saturated rings. The molecule has 0 N–H and O–H groups in total. The molecule has 0 spiro atoms. The van der Waals surface area contributed by atoms with Crippen LogP contribution in [0.5, 0.6) is 0 Å². The largest absolute Gasteiger partial charge is 0.324 e. The van der Waals surface area contributed by atoms with E-state index in [1.54, 1.807) is 24.5 Å². The number of hydrogen-bond acceptors (Lipinski definition) is 2. The highest BCUT2D eigenvalue weighted by Crippen LogP contribution is 2.11. The Balaban J connectivity index is 2.44. The molecule has 0 aliphatic carbocycles. The number of carbonyl (C=O) groups is 1. The Bertz CT molecular complexity index is 350. The number of ketones is 1. The van der Waals surface area contributed by atoms with Crippen LogP contribution in [0.15, 0.2) is 24.5 Å². The molecule has 3 heteroatoms. The zero-order valence-corrected chi connectivity index (χ0v) is 11.9. The topological polar surface area (TPSA) is 30.0 Å². The molecule has 0 aliphatic heterocycles. The van der Waals surface area contributed by atoms with Gasteiger partial charge in [-0.1, -0.05) is 0 Å². The molecule has 0 unspecified atom stereocenters. The van der Waals surface area contributed by atoms with Crippen LogP contribution in [-0.4, -0.2) is 41.4 Å². The fourth-order valence-corrected chi connectivity index (χ4v) is 2.40. The Morgan fingerprint density at radius 1 is 1.11 bits per heavy atom. The van der Waals surface area contributed by atoms with Crippen molar-refractivity contribution in [3.63, 3.8) is 0 Å². The Hall–Kier alpha value is -1.22. The minimum Gasteiger partial charge on any atom is -0.324 e. The van der Waals surface area contributed by atoms with E-state index in [2.05, 4.69) is 25.8 Å². The van der Waals surface area contributed by atoms with Crippen LogP contribution >= 0.6 is 0 Å². The van der Waals surface area contributed by atoms with Crippen LogP contribution in [0.4, 0.5) is 0 Å². The number of quaternary nitrogens is 1. The van der Waals surface area contributed by atoms with Gasteiger partial charge in [-0.05, 0) is 32.9 Å². The zero-order chi connectivity index (χ0) is 13.4. The van der Waals surface area contributed by atoms with Crippen LogP contribution in [0.2, 0.25) is 0 Å². The van der Waals surface area contributed by atoms with Gasteiger partial charge in [0.1, 0.15) is 0 Å². The molecule has 0 aliphatic rings. The van der Waals surface area contributed by atoms with Gasteiger partial charge in [-0.2, -0.15) is 0 Å². The smallest absolute Gasteiger partial charge is 0.163 e. The summed E-state index contributed by atoms with van der Waals surface area (Å²) in [5.74, 6) is 0.235. The van der Waals surface area contributed by atoms with E-state index < -0.39 is 0 Å². The van der Waals surface area contributed by atoms with Gasteiger partial charge in [-0.25, -0.2) is 0 Å². The molecular formula is C15H25N2O+. The monoisotopic (exact) mass is 249 g/mol. The van der Waals surface area contributed by atoms with Crippen molar-refractivity contribution in [2.45, 2.75) is 33.6 Å². The summed E-state index contributed by atoms with van der Waals surface area (Å²) in [7, 11) is 0. The summed E-state index contributed by atoms with van der Waals surface area (Å²) in [6.45, 7) is 11.2. The first kappa shape index (κ1) is 14.8. The molecule has 0 saturated carbocycles. The maximum Gasteiger partial charge on any atom is 0.163 e. The summed E-state index contributed by atoms with van der Waals surface area (Å²) >= 11 is 0. The van der Waals surface area contributed by atoms with Gasteiger partial charge in [0.2, 0.25) is 0 Å². The van der Waals surface area contributed by atoms with Crippen LogP contribution in [0.25, 0.3) is 0 Å². The molecule has 0 aromatic carbocycles. The number of nitrogens with zero attached hydrogens (tertiary/aromatic N) is 2. The molecule has 1 rings (SSSR count). The van der Waals surface area contributed by atoms with E-state index in [-0.39, 0.29) is 5.78 Å². The molecule has 0 atom stereocenters. The van der Waals surface area contributed by atoms with Gasteiger partial charge >= 0.3 is 0 Å². The Kier molecular flexibility index (Phi) is 5.99. The number of carbonyl (C=O) groups excluding carboxylic acids is 1. The highest BCUT2D eigenvalue weighted by Gasteiger charge is 2.20. The van der Waals surface area contributed by atoms with Crippen molar-refractivity contribution >= 4 is 5.78 Å². The number of pyridine rings is 1. The lowest BCUT2D eigenvalue weighted by Crippen LogP contribution is -2.48. The number of Topliss-reactive ketones (excluding diaryl/α,β-unsaturated/α-hetero) is 1. The van der Waals surface area contributed by atoms with E-state index in [1.165, 1.54) is 0 Å². The van der Waals surface area contributed by atoms with Gasteiger partial charge in [0.25, 0.3) is 0 Å². The SMILES string of the molecule is CC[N+](CC)(CC)CCCC(=O)c1ccncc1. The molecule has 0 amide bonds. The van der Waals surface area contributed by atoms with E-state index in [0.29, 0.717) is 6.42 Å². The maximum atomic E-state index is 12.0. The van der Waals surface area contributed by atoms with Gasteiger partial charge < -0.3 is 4.48 Å². The van der Waals surface area contributed by atoms with Crippen molar-refractivity contribution in [1.82, 2.24) is 4.98 Å². The van der Waals surface area contributed by atoms with Gasteiger partial charge in [0.05, 0.1) is 26.2 Å². The lowest BCUT2D eigenvalue weighted by atomic mass is 10.1. The standard InChI is InChI=1S/C15H25N2O/c1-4-17(5-2,6-3)13-7-8-15(18)14-9-11-16-12-10-14/h9-12H,4-8,13H2,1-3H3/q+1. The Morgan fingerprint density at radius 2 is 1.67 bits per heavy atom. The van der Waals surface area contributed by atoms with E-state index in [9.17, 15) is 4.79 Å². The van der Waals surface area contributed by atoms with Crippen molar-refractivity contribution in [3.8, 4) is 0 Å². The quantitative estimate of drug-likeness (QED) is 0.524. The molecule has 0 radical (unpaired) electrons. The van der Waals surface area contributed by atoms with E-state index in [0.717, 1.165) is 42.6 Å². The molecule has 0 saturated heterocycles. The molecule has 0 bridgehead atoms. The van der Waals surface area contributed by atoms with Crippen molar-refractivity contribution in [3.05, 3.63) is 30.1 Å². The third kappa shape index (κ3) is 3.91. The van der Waals surface area contributed by atoms with Crippen molar-refractivity contribution in [2.24, 2.45) is 0 Å². The number of aromatic nitrogens is 1. The van der Waals surface area contributed by atoms with Crippen molar-refractivity contribution in [2.75, 3.05) is 26.2 Å². The van der Waals surface area contributed by atoms with Crippen LogP contribution < -0.4 is 0 Å². The number of hydrogen-bond donors (Lipinski definition) is 0. The van der Waals surface area contributed by atoms with Crippen LogP contribution in [0.1, 0.15) is 44.0 Å². The van der Waals surface area contributed by atoms with E-state index in [4.69, 9.17) is 0 Å². The van der Waals surface area contributed by atoms with Crippen LogP contribution in [0.3, 0.4) is 0 Å². The second-order valence-electron chi connectivity index (χ2n) is 4.78. The van der Waals surface area contributed by atoms with Crippen molar-refractivity contribution in [1.29, 1.82) is 0 Å². The molecule has 100 valence electrons. The predicted molar refractivity (Wildman–Crippen MR) is 74.6 cm³/mol. The Labute approximate surface area is 110 Å². The minimum absolute atomic E-state index is 0.235. The van der Waals surface area contributed by atoms with E-state index >= 15 is 0 Å². The first-order chi connectivity index (χ1) is 8.67. The summed E-state index contributed by atoms with van der Waals surface area (Å²) < 4.78 is 1.11. The summed E-state index contributed by atoms with van der Waals surface area (Å²) in [6, 6.07) is 3.59. The summed E-state index contributed by atoms with van der Waals surface area (Å²) in [5, 5.41) is 0. The highest BCUT2D eigenvalue weighted by atomic mass is 16.1. The second kappa shape index (κ2) is 7.27. The van der Waals surface area contributed by atoms with Gasteiger partial charge in [-0.3, -0.25) is 9.78 Å². The van der Waals surface area contributed by atoms with E-state index in [1.807, 2.05) is 0 Å². The normalized spacial score (nSPS) is 11.5. The van der Waals surface area contributed by atoms with Gasteiger partial charge in [-0.15, -0.1) is 0 Å². The summed E-state index contributed by atoms with van der Waals surface area (Å²) in [5.41, 5.74) is 0.785. The third-order valence-corrected chi connectivity index (χ3v) is 4.05. The molecule has 1 aromatic heterocycles. The van der Waals surface area contributed by atoms with Gasteiger partial charge in [0, 0.05) is 30.8 Å². The van der Waals surface area contributed by atoms with Crippen LogP contribution in [0, 0.1) is 0 Å². The van der Waals surface area contributed by atoms with Crippen molar-refractivity contribution < 1.29 is 9.28 Å². The fraction of sp³-hybridized carbons (Fsp3) is 0.600. The lowest BCUT2D eigenvalue weighted by molar-refractivity contribution is -0.923. The zero-order valence-electron chi connectivity index (χ0n) is 11.9. The lowest BCUT2D eigenvalue weighted by Gasteiger charge is -2.35. The summed E-state index contributed by atoms with van der Waals surface area (Å²) in [4.78, 5) is 15.9. The first-order valence-corrected chi connectivity index (χ1v) is 6.95. The number of rotatable bonds is 8. The summed E-state index contributed by atoms with van der Waals surface area (Å²) in [6.07, 6.45) is 4.97. The Morgan fingerprint density at radius 3 is 2.17 bits per heavy atom. The molecule has 1 aromatic rings. The first-order valence-electron chi connectivity index (χ1n) is 6.95. The highest BCUT2D eigenvalue weighted by molar-refractivity contribution is 5.95.